The summed E-state index contributed by atoms with van der Waals surface area (Å²) >= 11 is 0. The van der Waals surface area contributed by atoms with Crippen LogP contribution in [0.1, 0.15) is 47.2 Å². The highest BCUT2D eigenvalue weighted by Crippen LogP contribution is 2.20. The van der Waals surface area contributed by atoms with E-state index >= 15 is 0 Å². The van der Waals surface area contributed by atoms with Crippen LogP contribution in [0.2, 0.25) is 0 Å². The lowest BCUT2D eigenvalue weighted by molar-refractivity contribution is 0.0663. The average Bonchev–Trinajstić information content (AvgIpc) is 2.46. The number of carbonyl (C=O) groups is 2. The fourth-order valence-electron chi connectivity index (χ4n) is 2.42. The van der Waals surface area contributed by atoms with Crippen LogP contribution in [-0.4, -0.2) is 40.0 Å². The molecule has 2 heterocycles. The molecule has 102 valence electrons. The molecule has 1 fully saturated rings. The minimum Gasteiger partial charge on any atom is -0.477 e. The Hall–Kier alpha value is -1.91. The molecule has 5 heteroatoms. The van der Waals surface area contributed by atoms with E-state index in [9.17, 15) is 9.59 Å². The minimum absolute atomic E-state index is 0.0881. The van der Waals surface area contributed by atoms with E-state index in [0.29, 0.717) is 5.92 Å². The Labute approximate surface area is 112 Å². The van der Waals surface area contributed by atoms with E-state index in [4.69, 9.17) is 5.11 Å². The summed E-state index contributed by atoms with van der Waals surface area (Å²) in [4.78, 5) is 28.9. The van der Waals surface area contributed by atoms with Crippen molar-refractivity contribution in [2.75, 3.05) is 13.1 Å². The number of carboxylic acids is 1. The molecule has 1 saturated heterocycles. The molecule has 1 aromatic heterocycles. The second kappa shape index (κ2) is 5.82. The van der Waals surface area contributed by atoms with Crippen LogP contribution in [0.4, 0.5) is 0 Å². The largest absolute Gasteiger partial charge is 0.477 e. The SMILES string of the molecule is CCC1CCCN(C(=O)c2cccc(C(=O)O)n2)C1. The topological polar surface area (TPSA) is 70.5 Å². The molecule has 19 heavy (non-hydrogen) atoms. The van der Waals surface area contributed by atoms with Gasteiger partial charge in [0.25, 0.3) is 5.91 Å². The van der Waals surface area contributed by atoms with Crippen molar-refractivity contribution in [1.82, 2.24) is 9.88 Å². The van der Waals surface area contributed by atoms with Gasteiger partial charge in [0, 0.05) is 13.1 Å². The quantitative estimate of drug-likeness (QED) is 0.905. The minimum atomic E-state index is -1.11. The number of hydrogen-bond donors (Lipinski definition) is 1. The van der Waals surface area contributed by atoms with Crippen LogP contribution in [0.5, 0.6) is 0 Å². The van der Waals surface area contributed by atoms with E-state index in [1.807, 2.05) is 0 Å². The van der Waals surface area contributed by atoms with Crippen LogP contribution in [0.15, 0.2) is 18.2 Å². The predicted molar refractivity (Wildman–Crippen MR) is 70.1 cm³/mol. The summed E-state index contributed by atoms with van der Waals surface area (Å²) in [6, 6.07) is 4.53. The van der Waals surface area contributed by atoms with Crippen molar-refractivity contribution < 1.29 is 14.7 Å². The van der Waals surface area contributed by atoms with Gasteiger partial charge in [0.2, 0.25) is 0 Å². The zero-order valence-electron chi connectivity index (χ0n) is 11.0. The van der Waals surface area contributed by atoms with Crippen LogP contribution in [0, 0.1) is 5.92 Å². The van der Waals surface area contributed by atoms with Crippen molar-refractivity contribution in [1.29, 1.82) is 0 Å². The third-order valence-electron chi connectivity index (χ3n) is 3.57. The summed E-state index contributed by atoms with van der Waals surface area (Å²) < 4.78 is 0. The third-order valence-corrected chi connectivity index (χ3v) is 3.57. The number of hydrogen-bond acceptors (Lipinski definition) is 3. The Morgan fingerprint density at radius 1 is 1.42 bits per heavy atom. The van der Waals surface area contributed by atoms with Gasteiger partial charge in [0.05, 0.1) is 0 Å². The molecule has 0 saturated carbocycles. The zero-order valence-corrected chi connectivity index (χ0v) is 11.0. The molecule has 1 aliphatic rings. The number of amides is 1. The van der Waals surface area contributed by atoms with Gasteiger partial charge in [-0.05, 0) is 30.9 Å². The highest BCUT2D eigenvalue weighted by Gasteiger charge is 2.24. The highest BCUT2D eigenvalue weighted by atomic mass is 16.4. The molecule has 1 unspecified atom stereocenters. The summed E-state index contributed by atoms with van der Waals surface area (Å²) in [5.41, 5.74) is 0.131. The Bertz CT molecular complexity index is 487. The van der Waals surface area contributed by atoms with Gasteiger partial charge in [-0.1, -0.05) is 19.4 Å². The Morgan fingerprint density at radius 3 is 2.84 bits per heavy atom. The van der Waals surface area contributed by atoms with Gasteiger partial charge in [-0.15, -0.1) is 0 Å². The normalized spacial score (nSPS) is 19.2. The number of carboxylic acid groups (broad SMARTS) is 1. The van der Waals surface area contributed by atoms with Gasteiger partial charge in [-0.2, -0.15) is 0 Å². The molecule has 1 aromatic rings. The fraction of sp³-hybridized carbons (Fsp3) is 0.500. The van der Waals surface area contributed by atoms with Crippen molar-refractivity contribution in [2.45, 2.75) is 26.2 Å². The summed E-state index contributed by atoms with van der Waals surface area (Å²) in [7, 11) is 0. The molecule has 0 radical (unpaired) electrons. The van der Waals surface area contributed by atoms with Gasteiger partial charge in [-0.3, -0.25) is 4.79 Å². The monoisotopic (exact) mass is 262 g/mol. The lowest BCUT2D eigenvalue weighted by Crippen LogP contribution is -2.40. The van der Waals surface area contributed by atoms with Crippen molar-refractivity contribution in [3.8, 4) is 0 Å². The molecule has 0 aromatic carbocycles. The molecule has 2 rings (SSSR count). The summed E-state index contributed by atoms with van der Waals surface area (Å²) in [6.07, 6.45) is 3.22. The number of rotatable bonds is 3. The number of piperidine rings is 1. The molecule has 1 amide bonds. The van der Waals surface area contributed by atoms with Gasteiger partial charge in [-0.25, -0.2) is 9.78 Å². The van der Waals surface area contributed by atoms with Crippen molar-refractivity contribution >= 4 is 11.9 Å². The highest BCUT2D eigenvalue weighted by molar-refractivity contribution is 5.94. The van der Waals surface area contributed by atoms with Gasteiger partial charge in [0.15, 0.2) is 0 Å². The lowest BCUT2D eigenvalue weighted by Gasteiger charge is -2.32. The molecule has 0 spiro atoms. The Balaban J connectivity index is 2.14. The number of aromatic carboxylic acids is 1. The van der Waals surface area contributed by atoms with E-state index in [1.165, 1.54) is 6.07 Å². The van der Waals surface area contributed by atoms with Crippen molar-refractivity contribution in [3.63, 3.8) is 0 Å². The van der Waals surface area contributed by atoms with Crippen molar-refractivity contribution in [3.05, 3.63) is 29.6 Å². The van der Waals surface area contributed by atoms with Crippen LogP contribution < -0.4 is 0 Å². The third kappa shape index (κ3) is 3.10. The van der Waals surface area contributed by atoms with Gasteiger partial charge >= 0.3 is 5.97 Å². The molecular weight excluding hydrogens is 244 g/mol. The van der Waals surface area contributed by atoms with Crippen LogP contribution in [-0.2, 0) is 0 Å². The maximum absolute atomic E-state index is 12.3. The van der Waals surface area contributed by atoms with Crippen molar-refractivity contribution in [2.24, 2.45) is 5.92 Å². The first-order valence-electron chi connectivity index (χ1n) is 6.61. The number of aromatic nitrogens is 1. The molecular formula is C14H18N2O3. The van der Waals surface area contributed by atoms with E-state index < -0.39 is 5.97 Å². The van der Waals surface area contributed by atoms with Crippen LogP contribution in [0.3, 0.4) is 0 Å². The maximum Gasteiger partial charge on any atom is 0.354 e. The smallest absolute Gasteiger partial charge is 0.354 e. The van der Waals surface area contributed by atoms with Gasteiger partial charge in [0.1, 0.15) is 11.4 Å². The number of carbonyl (C=O) groups excluding carboxylic acids is 1. The second-order valence-electron chi connectivity index (χ2n) is 4.88. The second-order valence-corrected chi connectivity index (χ2v) is 4.88. The Kier molecular flexibility index (Phi) is 4.14. The molecule has 0 bridgehead atoms. The fourth-order valence-corrected chi connectivity index (χ4v) is 2.42. The first-order valence-corrected chi connectivity index (χ1v) is 6.61. The average molecular weight is 262 g/mol. The predicted octanol–water partition coefficient (Wildman–Crippen LogP) is 2.04. The zero-order chi connectivity index (χ0) is 13.8. The molecule has 1 aliphatic heterocycles. The van der Waals surface area contributed by atoms with E-state index in [0.717, 1.165) is 32.4 Å². The van der Waals surface area contributed by atoms with Crippen LogP contribution >= 0.6 is 0 Å². The molecule has 1 N–H and O–H groups in total. The summed E-state index contributed by atoms with van der Waals surface area (Å²) in [5.74, 6) is -0.735. The lowest BCUT2D eigenvalue weighted by atomic mass is 9.95. The summed E-state index contributed by atoms with van der Waals surface area (Å²) in [5, 5.41) is 8.89. The van der Waals surface area contributed by atoms with E-state index in [-0.39, 0.29) is 17.3 Å². The van der Waals surface area contributed by atoms with E-state index in [1.54, 1.807) is 17.0 Å². The molecule has 0 aliphatic carbocycles. The maximum atomic E-state index is 12.3. The number of nitrogens with zero attached hydrogens (tertiary/aromatic N) is 2. The number of pyridine rings is 1. The Morgan fingerprint density at radius 2 is 2.16 bits per heavy atom. The first-order chi connectivity index (χ1) is 9.11. The molecule has 1 atom stereocenters. The van der Waals surface area contributed by atoms with E-state index in [2.05, 4.69) is 11.9 Å². The summed E-state index contributed by atoms with van der Waals surface area (Å²) in [6.45, 7) is 3.60. The van der Waals surface area contributed by atoms with Gasteiger partial charge < -0.3 is 10.0 Å². The number of likely N-dealkylation sites (tertiary alicyclic amines) is 1. The standard InChI is InChI=1S/C14H18N2O3/c1-2-10-5-4-8-16(9-10)13(17)11-6-3-7-12(15-11)14(18)19/h3,6-7,10H,2,4-5,8-9H2,1H3,(H,18,19). The van der Waals surface area contributed by atoms with Crippen LogP contribution in [0.25, 0.3) is 0 Å². The molecule has 5 nitrogen and oxygen atoms in total. The first kappa shape index (κ1) is 13.5.